The van der Waals surface area contributed by atoms with Gasteiger partial charge in [0.2, 0.25) is 0 Å². The summed E-state index contributed by atoms with van der Waals surface area (Å²) in [5, 5.41) is 5.67. The Morgan fingerprint density at radius 3 is 0.878 bits per heavy atom. The minimum atomic E-state index is -0.534. The molecular weight excluding hydrogens is 674 g/mol. The van der Waals surface area contributed by atoms with Crippen LogP contribution in [0.2, 0.25) is 0 Å². The van der Waals surface area contributed by atoms with Gasteiger partial charge >= 0.3 is 17.1 Å². The predicted octanol–water partition coefficient (Wildman–Crippen LogP) is 8.38. The minimum absolute atomic E-state index is 0. The fourth-order valence-corrected chi connectivity index (χ4v) is 11.6. The molecule has 0 N–H and O–H groups in total. The van der Waals surface area contributed by atoms with Gasteiger partial charge in [-0.05, 0) is 117 Å². The summed E-state index contributed by atoms with van der Waals surface area (Å²) in [6.45, 7) is 9.09. The first kappa shape index (κ1) is 40.0. The number of hydrogen-bond donors (Lipinski definition) is 0. The molecular formula is C44H50FeN2P2+2. The quantitative estimate of drug-likeness (QED) is 0.120. The van der Waals surface area contributed by atoms with Crippen LogP contribution in [0.5, 0.6) is 0 Å². The molecule has 252 valence electrons. The summed E-state index contributed by atoms with van der Waals surface area (Å²) in [6, 6.07) is 44.6. The van der Waals surface area contributed by atoms with E-state index in [0.29, 0.717) is 12.1 Å². The Hall–Kier alpha value is -1.82. The van der Waals surface area contributed by atoms with Crippen LogP contribution < -0.4 is 21.2 Å². The van der Waals surface area contributed by atoms with Crippen molar-refractivity contribution >= 4 is 37.1 Å². The first-order chi connectivity index (χ1) is 23.2. The van der Waals surface area contributed by atoms with Crippen molar-refractivity contribution in [2.75, 3.05) is 28.2 Å². The molecule has 6 rings (SSSR count). The number of benzene rings is 4. The van der Waals surface area contributed by atoms with Crippen molar-refractivity contribution in [3.05, 3.63) is 182 Å². The zero-order valence-corrected chi connectivity index (χ0v) is 33.0. The van der Waals surface area contributed by atoms with Gasteiger partial charge < -0.3 is 9.80 Å². The molecule has 2 aliphatic carbocycles. The first-order valence-corrected chi connectivity index (χ1v) is 19.5. The van der Waals surface area contributed by atoms with Crippen molar-refractivity contribution in [1.29, 1.82) is 0 Å². The average Bonchev–Trinajstić information content (AvgIpc) is 3.68. The molecule has 0 spiro atoms. The van der Waals surface area contributed by atoms with Crippen molar-refractivity contribution in [1.82, 2.24) is 9.80 Å². The van der Waals surface area contributed by atoms with E-state index in [1.807, 2.05) is 0 Å². The third kappa shape index (κ3) is 9.74. The second-order valence-corrected chi connectivity index (χ2v) is 17.2. The predicted molar refractivity (Wildman–Crippen MR) is 212 cm³/mol. The van der Waals surface area contributed by atoms with Crippen molar-refractivity contribution in [2.24, 2.45) is 0 Å². The summed E-state index contributed by atoms with van der Waals surface area (Å²) < 4.78 is 0. The summed E-state index contributed by atoms with van der Waals surface area (Å²) in [4.78, 5) is 4.59. The van der Waals surface area contributed by atoms with Gasteiger partial charge in [-0.1, -0.05) is 135 Å². The Morgan fingerprint density at radius 2 is 0.653 bits per heavy atom. The van der Waals surface area contributed by atoms with Gasteiger partial charge in [0, 0.05) is 35.2 Å². The summed E-state index contributed by atoms with van der Waals surface area (Å²) in [6.07, 6.45) is 9.20. The normalized spacial score (nSPS) is 18.2. The monoisotopic (exact) mass is 724 g/mol. The largest absolute Gasteiger partial charge is 2.00 e. The summed E-state index contributed by atoms with van der Waals surface area (Å²) >= 11 is 0. The van der Waals surface area contributed by atoms with Gasteiger partial charge in [0.1, 0.15) is 0 Å². The molecule has 5 heteroatoms. The van der Waals surface area contributed by atoms with Gasteiger partial charge in [0.25, 0.3) is 0 Å². The van der Waals surface area contributed by atoms with Crippen LogP contribution in [0.25, 0.3) is 0 Å². The molecule has 0 amide bonds. The SMILES string of the molecule is C[C]1[CH][CH][C]([C@H](C)N(C)C)[C]1P(c1ccccc1)c1ccccc1.C[C]1[CH][CH][C]([C@H](C)N(C)C)[C]1P(c1ccccc1)c1ccccc1.[Fe+2]. The molecule has 49 heavy (non-hydrogen) atoms. The van der Waals surface area contributed by atoms with Crippen LogP contribution in [0.1, 0.15) is 27.7 Å². The van der Waals surface area contributed by atoms with E-state index >= 15 is 0 Å². The zero-order valence-electron chi connectivity index (χ0n) is 30.2. The second kappa shape index (κ2) is 19.1. The molecule has 2 nitrogen and oxygen atoms in total. The number of nitrogens with zero attached hydrogens (tertiary/aromatic N) is 2. The molecule has 2 fully saturated rings. The molecule has 0 saturated heterocycles. The van der Waals surface area contributed by atoms with Crippen molar-refractivity contribution in [2.45, 2.75) is 39.8 Å². The van der Waals surface area contributed by atoms with E-state index in [-0.39, 0.29) is 17.1 Å². The topological polar surface area (TPSA) is 6.48 Å². The van der Waals surface area contributed by atoms with E-state index in [1.165, 1.54) is 56.2 Å². The molecule has 0 bridgehead atoms. The molecule has 0 unspecified atom stereocenters. The summed E-state index contributed by atoms with van der Waals surface area (Å²) in [7, 11) is 7.56. The van der Waals surface area contributed by atoms with Crippen LogP contribution in [0.3, 0.4) is 0 Å². The third-order valence-corrected chi connectivity index (χ3v) is 14.6. The van der Waals surface area contributed by atoms with Crippen LogP contribution in [-0.4, -0.2) is 50.1 Å². The molecule has 10 radical (unpaired) electrons. The van der Waals surface area contributed by atoms with Crippen LogP contribution >= 0.6 is 15.8 Å². The minimum Gasteiger partial charge on any atom is -0.306 e. The summed E-state index contributed by atoms with van der Waals surface area (Å²) in [5.74, 6) is 5.71. The van der Waals surface area contributed by atoms with Crippen LogP contribution in [-0.2, 0) is 17.1 Å². The molecule has 2 saturated carbocycles. The maximum atomic E-state index is 2.32. The van der Waals surface area contributed by atoms with Gasteiger partial charge in [-0.3, -0.25) is 0 Å². The van der Waals surface area contributed by atoms with Crippen molar-refractivity contribution in [3.8, 4) is 0 Å². The number of hydrogen-bond acceptors (Lipinski definition) is 2. The average molecular weight is 725 g/mol. The van der Waals surface area contributed by atoms with Gasteiger partial charge in [0.15, 0.2) is 0 Å². The molecule has 4 aromatic rings. The fraction of sp³-hybridized carbons (Fsp3) is 0.227. The van der Waals surface area contributed by atoms with Gasteiger partial charge in [-0.25, -0.2) is 0 Å². The van der Waals surface area contributed by atoms with Crippen LogP contribution in [0.4, 0.5) is 0 Å². The molecule has 0 heterocycles. The maximum absolute atomic E-state index is 2.32. The van der Waals surface area contributed by atoms with Crippen LogP contribution in [0.15, 0.2) is 121 Å². The molecule has 2 aliphatic rings. The Bertz CT molecular complexity index is 1290. The third-order valence-electron chi connectivity index (χ3n) is 9.27. The van der Waals surface area contributed by atoms with Gasteiger partial charge in [-0.15, -0.1) is 0 Å². The number of rotatable bonds is 10. The zero-order chi connectivity index (χ0) is 34.2. The maximum Gasteiger partial charge on any atom is 2.00 e. The summed E-state index contributed by atoms with van der Waals surface area (Å²) in [5.41, 5.74) is 3.03. The Kier molecular flexibility index (Phi) is 15.6. The molecule has 0 aliphatic heterocycles. The van der Waals surface area contributed by atoms with E-state index in [9.17, 15) is 0 Å². The smallest absolute Gasteiger partial charge is 0.306 e. The Balaban J connectivity index is 0.000000216. The van der Waals surface area contributed by atoms with Crippen LogP contribution in [0, 0.1) is 60.7 Å². The van der Waals surface area contributed by atoms with Gasteiger partial charge in [0.05, 0.1) is 0 Å². The van der Waals surface area contributed by atoms with Crippen molar-refractivity contribution in [3.63, 3.8) is 0 Å². The molecule has 2 atom stereocenters. The fourth-order valence-electron chi connectivity index (χ4n) is 6.16. The first-order valence-electron chi connectivity index (χ1n) is 16.8. The van der Waals surface area contributed by atoms with E-state index in [2.05, 4.69) is 213 Å². The van der Waals surface area contributed by atoms with E-state index in [1.54, 1.807) is 0 Å². The molecule has 0 aromatic heterocycles. The Morgan fingerprint density at radius 1 is 0.408 bits per heavy atom. The second-order valence-electron chi connectivity index (χ2n) is 12.9. The van der Waals surface area contributed by atoms with Crippen molar-refractivity contribution < 1.29 is 17.1 Å². The standard InChI is InChI=1S/2C22H25NP.Fe/c2*1-17-15-16-21(18(2)23(3)4)22(17)24(19-11-7-5-8-12-19)20-13-9-6-10-14-20;/h2*5-16,18H,1-4H3;/q;;+2/t2*18-;/m00./s1. The van der Waals surface area contributed by atoms with E-state index in [0.717, 1.165) is 0 Å². The van der Waals surface area contributed by atoms with Gasteiger partial charge in [-0.2, -0.15) is 0 Å². The molecule has 4 aromatic carbocycles. The Labute approximate surface area is 312 Å². The van der Waals surface area contributed by atoms with E-state index in [4.69, 9.17) is 0 Å². The van der Waals surface area contributed by atoms with E-state index < -0.39 is 15.8 Å².